The summed E-state index contributed by atoms with van der Waals surface area (Å²) in [5.41, 5.74) is -1.68. The molecule has 0 bridgehead atoms. The second-order valence-corrected chi connectivity index (χ2v) is 7.75. The molecule has 1 aliphatic heterocycles. The van der Waals surface area contributed by atoms with Crippen molar-refractivity contribution in [2.24, 2.45) is 0 Å². The molecule has 3 nitrogen and oxygen atoms in total. The van der Waals surface area contributed by atoms with Gasteiger partial charge in [0.1, 0.15) is 6.04 Å². The number of carbonyl (C=O) groups is 1. The van der Waals surface area contributed by atoms with Gasteiger partial charge in [0.2, 0.25) is 0 Å². The van der Waals surface area contributed by atoms with Gasteiger partial charge in [-0.15, -0.1) is 0 Å². The summed E-state index contributed by atoms with van der Waals surface area (Å²) in [5.74, 6) is -1.15. The molecule has 0 aromatic heterocycles. The summed E-state index contributed by atoms with van der Waals surface area (Å²) in [4.78, 5) is 13.3. The quantitative estimate of drug-likeness (QED) is 0.531. The highest BCUT2D eigenvalue weighted by Gasteiger charge is 2.38. The zero-order valence-electron chi connectivity index (χ0n) is 16.0. The molecule has 0 radical (unpaired) electrons. The van der Waals surface area contributed by atoms with E-state index in [1.54, 1.807) is 0 Å². The number of piperidine rings is 1. The molecule has 2 unspecified atom stereocenters. The first kappa shape index (κ1) is 23.4. The molecule has 3 rings (SSSR count). The Labute approximate surface area is 179 Å². The lowest BCUT2D eigenvalue weighted by Gasteiger charge is -2.40. The first-order chi connectivity index (χ1) is 14.4. The topological polar surface area (TPSA) is 40.5 Å². The lowest BCUT2D eigenvalue weighted by molar-refractivity contribution is -0.145. The van der Waals surface area contributed by atoms with Crippen molar-refractivity contribution in [1.29, 1.82) is 0 Å². The molecule has 0 aliphatic carbocycles. The SMILES string of the molecule is O=C(O)C1CCCCN1C(c1ccc(C(F)(F)F)cc1)c1cc(C(F)(F)F)ccc1Cl. The van der Waals surface area contributed by atoms with E-state index in [9.17, 15) is 36.2 Å². The Hall–Kier alpha value is -2.26. The Balaban J connectivity index is 2.17. The third kappa shape index (κ3) is 5.15. The summed E-state index contributed by atoms with van der Waals surface area (Å²) in [6, 6.07) is 4.59. The number of alkyl halides is 6. The van der Waals surface area contributed by atoms with E-state index in [1.165, 1.54) is 4.90 Å². The number of benzene rings is 2. The first-order valence-electron chi connectivity index (χ1n) is 9.42. The second-order valence-electron chi connectivity index (χ2n) is 7.34. The Morgan fingerprint density at radius 2 is 1.55 bits per heavy atom. The van der Waals surface area contributed by atoms with E-state index in [4.69, 9.17) is 11.6 Å². The molecular formula is C21H18ClF6NO2. The predicted molar refractivity (Wildman–Crippen MR) is 102 cm³/mol. The standard InChI is InChI=1S/C21H18ClF6NO2/c22-16-9-8-14(21(26,27)28)11-15(16)18(29-10-2-1-3-17(29)19(30)31)12-4-6-13(7-5-12)20(23,24)25/h4-9,11,17-18H,1-3,10H2,(H,30,31). The van der Waals surface area contributed by atoms with E-state index < -0.39 is 41.5 Å². The Kier molecular flexibility index (Phi) is 6.57. The van der Waals surface area contributed by atoms with Crippen LogP contribution in [0.4, 0.5) is 26.3 Å². The third-order valence-electron chi connectivity index (χ3n) is 5.33. The molecule has 0 spiro atoms. The van der Waals surface area contributed by atoms with Crippen molar-refractivity contribution in [2.75, 3.05) is 6.54 Å². The summed E-state index contributed by atoms with van der Waals surface area (Å²) in [6.07, 6.45) is -7.78. The Bertz CT molecular complexity index is 942. The fourth-order valence-corrected chi connectivity index (χ4v) is 4.08. The van der Waals surface area contributed by atoms with Crippen LogP contribution in [-0.4, -0.2) is 28.6 Å². The fourth-order valence-electron chi connectivity index (χ4n) is 3.86. The van der Waals surface area contributed by atoms with E-state index in [0.717, 1.165) is 42.5 Å². The molecule has 1 fully saturated rings. The number of rotatable bonds is 4. The maximum Gasteiger partial charge on any atom is 0.416 e. The van der Waals surface area contributed by atoms with Crippen molar-refractivity contribution >= 4 is 17.6 Å². The van der Waals surface area contributed by atoms with Crippen LogP contribution in [0.5, 0.6) is 0 Å². The van der Waals surface area contributed by atoms with E-state index in [1.807, 2.05) is 0 Å². The normalized spacial score (nSPS) is 19.3. The Morgan fingerprint density at radius 3 is 2.10 bits per heavy atom. The Morgan fingerprint density at radius 1 is 0.968 bits per heavy atom. The van der Waals surface area contributed by atoms with Crippen LogP contribution in [0.15, 0.2) is 42.5 Å². The molecule has 0 saturated carbocycles. The summed E-state index contributed by atoms with van der Waals surface area (Å²) in [7, 11) is 0. The fraction of sp³-hybridized carbons (Fsp3) is 0.381. The van der Waals surface area contributed by atoms with E-state index in [-0.39, 0.29) is 29.1 Å². The number of hydrogen-bond acceptors (Lipinski definition) is 2. The van der Waals surface area contributed by atoms with Gasteiger partial charge < -0.3 is 5.11 Å². The summed E-state index contributed by atoms with van der Waals surface area (Å²) in [5, 5.41) is 9.62. The molecule has 1 heterocycles. The average Bonchev–Trinajstić information content (AvgIpc) is 2.68. The maximum absolute atomic E-state index is 13.3. The van der Waals surface area contributed by atoms with Gasteiger partial charge in [0.25, 0.3) is 0 Å². The van der Waals surface area contributed by atoms with Gasteiger partial charge in [-0.3, -0.25) is 9.69 Å². The van der Waals surface area contributed by atoms with E-state index in [2.05, 4.69) is 0 Å². The van der Waals surface area contributed by atoms with Gasteiger partial charge in [-0.2, -0.15) is 26.3 Å². The van der Waals surface area contributed by atoms with Crippen LogP contribution in [0, 0.1) is 0 Å². The highest BCUT2D eigenvalue weighted by atomic mass is 35.5. The monoisotopic (exact) mass is 465 g/mol. The minimum absolute atomic E-state index is 0.00981. The van der Waals surface area contributed by atoms with Gasteiger partial charge in [-0.25, -0.2) is 0 Å². The summed E-state index contributed by atoms with van der Waals surface area (Å²) < 4.78 is 78.9. The van der Waals surface area contributed by atoms with Crippen LogP contribution >= 0.6 is 11.6 Å². The smallest absolute Gasteiger partial charge is 0.416 e. The van der Waals surface area contributed by atoms with Gasteiger partial charge in [0.15, 0.2) is 0 Å². The largest absolute Gasteiger partial charge is 0.480 e. The molecule has 2 aromatic carbocycles. The minimum atomic E-state index is -4.67. The number of halogens is 7. The number of likely N-dealkylation sites (tertiary alicyclic amines) is 1. The molecule has 1 aliphatic rings. The van der Waals surface area contributed by atoms with Crippen molar-refractivity contribution in [3.63, 3.8) is 0 Å². The molecule has 1 N–H and O–H groups in total. The van der Waals surface area contributed by atoms with Crippen molar-refractivity contribution in [3.8, 4) is 0 Å². The molecule has 168 valence electrons. The zero-order valence-corrected chi connectivity index (χ0v) is 16.7. The third-order valence-corrected chi connectivity index (χ3v) is 5.68. The molecule has 0 amide bonds. The van der Waals surface area contributed by atoms with Crippen LogP contribution in [0.1, 0.15) is 47.6 Å². The molecular weight excluding hydrogens is 448 g/mol. The molecule has 1 saturated heterocycles. The van der Waals surface area contributed by atoms with E-state index >= 15 is 0 Å². The van der Waals surface area contributed by atoms with Crippen molar-refractivity contribution < 1.29 is 36.2 Å². The van der Waals surface area contributed by atoms with Crippen LogP contribution in [0.25, 0.3) is 0 Å². The molecule has 2 atom stereocenters. The van der Waals surface area contributed by atoms with Crippen LogP contribution in [-0.2, 0) is 17.1 Å². The highest BCUT2D eigenvalue weighted by molar-refractivity contribution is 6.31. The average molecular weight is 466 g/mol. The first-order valence-corrected chi connectivity index (χ1v) is 9.79. The van der Waals surface area contributed by atoms with Gasteiger partial charge in [-0.1, -0.05) is 30.2 Å². The highest BCUT2D eigenvalue weighted by Crippen LogP contribution is 2.41. The second kappa shape index (κ2) is 8.70. The van der Waals surface area contributed by atoms with E-state index in [0.29, 0.717) is 12.8 Å². The number of carboxylic acid groups (broad SMARTS) is 1. The van der Waals surface area contributed by atoms with Crippen LogP contribution in [0.3, 0.4) is 0 Å². The van der Waals surface area contributed by atoms with Crippen molar-refractivity contribution in [1.82, 2.24) is 4.90 Å². The number of aliphatic carboxylic acids is 1. The van der Waals surface area contributed by atoms with Gasteiger partial charge in [0.05, 0.1) is 17.2 Å². The lowest BCUT2D eigenvalue weighted by Crippen LogP contribution is -2.47. The van der Waals surface area contributed by atoms with Crippen molar-refractivity contribution in [2.45, 2.75) is 43.7 Å². The maximum atomic E-state index is 13.3. The molecule has 31 heavy (non-hydrogen) atoms. The number of carboxylic acids is 1. The molecule has 10 heteroatoms. The predicted octanol–water partition coefficient (Wildman–Crippen LogP) is 6.41. The molecule has 2 aromatic rings. The lowest BCUT2D eigenvalue weighted by atomic mass is 9.90. The zero-order chi connectivity index (χ0) is 23.0. The number of hydrogen-bond donors (Lipinski definition) is 1. The number of nitrogens with zero attached hydrogens (tertiary/aromatic N) is 1. The van der Waals surface area contributed by atoms with Gasteiger partial charge in [-0.05, 0) is 60.8 Å². The van der Waals surface area contributed by atoms with Gasteiger partial charge in [0, 0.05) is 5.02 Å². The summed E-state index contributed by atoms with van der Waals surface area (Å²) in [6.45, 7) is 0.245. The minimum Gasteiger partial charge on any atom is -0.480 e. The van der Waals surface area contributed by atoms with Crippen LogP contribution < -0.4 is 0 Å². The van der Waals surface area contributed by atoms with Gasteiger partial charge >= 0.3 is 18.3 Å². The van der Waals surface area contributed by atoms with Crippen molar-refractivity contribution in [3.05, 3.63) is 69.7 Å². The van der Waals surface area contributed by atoms with Crippen LogP contribution in [0.2, 0.25) is 5.02 Å². The summed E-state index contributed by atoms with van der Waals surface area (Å²) >= 11 is 6.22.